The molecule has 0 unspecified atom stereocenters. The van der Waals surface area contributed by atoms with Crippen molar-refractivity contribution < 1.29 is 23.5 Å². The van der Waals surface area contributed by atoms with Gasteiger partial charge >= 0.3 is 5.97 Å². The van der Waals surface area contributed by atoms with E-state index >= 15 is 0 Å². The SMILES string of the molecule is COC(=O)[C@@H]1[C@@H]2[C@@H](O[Si](C(C)C)(C(C)C)C(C)C)CC=C3C(=O)C[C@H]1O[C@@H]32. The molecule has 2 bridgehead atoms. The molecule has 2 heterocycles. The molecular weight excluding hydrogens is 360 g/mol. The molecule has 1 aliphatic carbocycles. The van der Waals surface area contributed by atoms with Gasteiger partial charge in [0.2, 0.25) is 8.32 Å². The summed E-state index contributed by atoms with van der Waals surface area (Å²) in [6, 6.07) is 0. The topological polar surface area (TPSA) is 61.8 Å². The van der Waals surface area contributed by atoms with Crippen LogP contribution >= 0.6 is 0 Å². The van der Waals surface area contributed by atoms with Gasteiger partial charge in [-0.1, -0.05) is 47.6 Å². The standard InChI is InChI=1S/C21H34O5Si/c1-11(2)27(12(3)4,13(5)6)26-16-9-8-14-15(22)10-17-19(21(23)24-7)18(16)20(14)25-17/h8,11-13,16-20H,9-10H2,1-7H3/t16-,17+,18-,19-,20-/m0/s1. The van der Waals surface area contributed by atoms with Gasteiger partial charge < -0.3 is 13.9 Å². The molecular formula is C21H34O5Si. The highest BCUT2D eigenvalue weighted by atomic mass is 28.4. The minimum absolute atomic E-state index is 0.0994. The molecule has 3 aliphatic rings. The number of Topliss-reactive ketones (excluding diaryl/α,β-unsaturated/α-hetero) is 1. The van der Waals surface area contributed by atoms with Crippen LogP contribution in [-0.4, -0.2) is 45.5 Å². The van der Waals surface area contributed by atoms with Gasteiger partial charge in [-0.3, -0.25) is 9.59 Å². The van der Waals surface area contributed by atoms with Crippen LogP contribution in [0.5, 0.6) is 0 Å². The second-order valence-electron chi connectivity index (χ2n) is 9.22. The third-order valence-corrected chi connectivity index (χ3v) is 13.2. The molecule has 2 saturated heterocycles. The van der Waals surface area contributed by atoms with Crippen LogP contribution in [0, 0.1) is 11.8 Å². The Labute approximate surface area is 163 Å². The molecule has 0 aromatic carbocycles. The van der Waals surface area contributed by atoms with Crippen molar-refractivity contribution in [2.24, 2.45) is 11.8 Å². The van der Waals surface area contributed by atoms with Crippen molar-refractivity contribution >= 4 is 20.1 Å². The molecule has 0 N–H and O–H groups in total. The lowest BCUT2D eigenvalue weighted by molar-refractivity contribution is -0.149. The number of fused-ring (bicyclic) bond motifs is 1. The third kappa shape index (κ3) is 3.14. The van der Waals surface area contributed by atoms with Gasteiger partial charge in [0, 0.05) is 17.9 Å². The van der Waals surface area contributed by atoms with Crippen LogP contribution in [-0.2, 0) is 23.5 Å². The summed E-state index contributed by atoms with van der Waals surface area (Å²) in [6.07, 6.45) is 2.15. The first-order valence-corrected chi connectivity index (χ1v) is 12.4. The van der Waals surface area contributed by atoms with Crippen LogP contribution in [0.2, 0.25) is 16.6 Å². The van der Waals surface area contributed by atoms with Gasteiger partial charge in [0.15, 0.2) is 5.78 Å². The van der Waals surface area contributed by atoms with Gasteiger partial charge in [0.25, 0.3) is 0 Å². The molecule has 2 aliphatic heterocycles. The number of hydrogen-bond donors (Lipinski definition) is 0. The Balaban J connectivity index is 2.00. The Bertz CT molecular complexity index is 617. The lowest BCUT2D eigenvalue weighted by Gasteiger charge is -2.47. The molecule has 3 rings (SSSR count). The van der Waals surface area contributed by atoms with Crippen molar-refractivity contribution in [2.45, 2.75) is 89.3 Å². The summed E-state index contributed by atoms with van der Waals surface area (Å²) >= 11 is 0. The van der Waals surface area contributed by atoms with Gasteiger partial charge in [-0.05, 0) is 23.0 Å². The molecule has 0 spiro atoms. The summed E-state index contributed by atoms with van der Waals surface area (Å²) in [4.78, 5) is 25.1. The summed E-state index contributed by atoms with van der Waals surface area (Å²) in [6.45, 7) is 13.6. The number of ether oxygens (including phenoxy) is 2. The second-order valence-corrected chi connectivity index (χ2v) is 14.6. The molecule has 0 saturated carbocycles. The van der Waals surface area contributed by atoms with Crippen LogP contribution in [0.1, 0.15) is 54.4 Å². The minimum Gasteiger partial charge on any atom is -0.469 e. The van der Waals surface area contributed by atoms with E-state index in [0.29, 0.717) is 23.0 Å². The predicted octanol–water partition coefficient (Wildman–Crippen LogP) is 4.02. The number of rotatable bonds is 6. The fourth-order valence-corrected chi connectivity index (χ4v) is 11.6. The van der Waals surface area contributed by atoms with E-state index in [1.165, 1.54) is 7.11 Å². The molecule has 5 atom stereocenters. The lowest BCUT2D eigenvalue weighted by atomic mass is 9.78. The zero-order chi connectivity index (χ0) is 20.1. The van der Waals surface area contributed by atoms with Crippen molar-refractivity contribution in [3.63, 3.8) is 0 Å². The highest BCUT2D eigenvalue weighted by Crippen LogP contribution is 2.51. The maximum absolute atomic E-state index is 12.6. The van der Waals surface area contributed by atoms with Crippen molar-refractivity contribution in [2.75, 3.05) is 7.11 Å². The number of carbonyl (C=O) groups is 2. The monoisotopic (exact) mass is 394 g/mol. The maximum atomic E-state index is 12.6. The van der Waals surface area contributed by atoms with Crippen LogP contribution in [0.25, 0.3) is 0 Å². The average Bonchev–Trinajstić information content (AvgIpc) is 2.93. The average molecular weight is 395 g/mol. The Morgan fingerprint density at radius 1 is 1.15 bits per heavy atom. The summed E-state index contributed by atoms with van der Waals surface area (Å²) in [5.74, 6) is -0.704. The van der Waals surface area contributed by atoms with E-state index in [-0.39, 0.29) is 42.4 Å². The number of esters is 1. The molecule has 2 fully saturated rings. The van der Waals surface area contributed by atoms with Crippen molar-refractivity contribution in [1.29, 1.82) is 0 Å². The van der Waals surface area contributed by atoms with E-state index in [4.69, 9.17) is 13.9 Å². The number of hydrogen-bond acceptors (Lipinski definition) is 5. The van der Waals surface area contributed by atoms with Crippen LogP contribution in [0.4, 0.5) is 0 Å². The highest BCUT2D eigenvalue weighted by Gasteiger charge is 2.60. The Morgan fingerprint density at radius 3 is 2.26 bits per heavy atom. The largest absolute Gasteiger partial charge is 0.469 e. The number of methoxy groups -OCH3 is 1. The van der Waals surface area contributed by atoms with Gasteiger partial charge in [-0.25, -0.2) is 0 Å². The first kappa shape index (κ1) is 20.7. The molecule has 152 valence electrons. The van der Waals surface area contributed by atoms with E-state index in [1.54, 1.807) is 0 Å². The minimum atomic E-state index is -2.11. The summed E-state index contributed by atoms with van der Waals surface area (Å²) in [7, 11) is -0.698. The highest BCUT2D eigenvalue weighted by molar-refractivity contribution is 6.77. The summed E-state index contributed by atoms with van der Waals surface area (Å²) in [5.41, 5.74) is 2.13. The van der Waals surface area contributed by atoms with Gasteiger partial charge in [0.05, 0.1) is 31.3 Å². The Hall–Kier alpha value is -0.983. The van der Waals surface area contributed by atoms with E-state index in [1.807, 2.05) is 6.08 Å². The van der Waals surface area contributed by atoms with Crippen molar-refractivity contribution in [3.05, 3.63) is 11.6 Å². The first-order valence-electron chi connectivity index (χ1n) is 10.3. The lowest BCUT2D eigenvalue weighted by Crippen LogP contribution is -2.54. The maximum Gasteiger partial charge on any atom is 0.311 e. The van der Waals surface area contributed by atoms with Gasteiger partial charge in [0.1, 0.15) is 0 Å². The smallest absolute Gasteiger partial charge is 0.311 e. The molecule has 0 amide bonds. The zero-order valence-electron chi connectivity index (χ0n) is 17.7. The Kier molecular flexibility index (Phi) is 5.72. The fraction of sp³-hybridized carbons (Fsp3) is 0.810. The fourth-order valence-electron chi connectivity index (χ4n) is 6.01. The predicted molar refractivity (Wildman–Crippen MR) is 106 cm³/mol. The van der Waals surface area contributed by atoms with Crippen LogP contribution in [0.15, 0.2) is 11.6 Å². The zero-order valence-corrected chi connectivity index (χ0v) is 18.7. The number of carbonyl (C=O) groups excluding carboxylic acids is 2. The third-order valence-electron chi connectivity index (χ3n) is 7.04. The van der Waals surface area contributed by atoms with E-state index in [2.05, 4.69) is 41.5 Å². The molecule has 0 aromatic heterocycles. The molecule has 27 heavy (non-hydrogen) atoms. The van der Waals surface area contributed by atoms with Crippen LogP contribution < -0.4 is 0 Å². The normalized spacial score (nSPS) is 33.0. The molecule has 6 heteroatoms. The van der Waals surface area contributed by atoms with E-state index in [0.717, 1.165) is 5.57 Å². The van der Waals surface area contributed by atoms with Crippen LogP contribution in [0.3, 0.4) is 0 Å². The van der Waals surface area contributed by atoms with Gasteiger partial charge in [-0.2, -0.15) is 0 Å². The quantitative estimate of drug-likeness (QED) is 0.503. The summed E-state index contributed by atoms with van der Waals surface area (Å²) in [5, 5.41) is 0. The van der Waals surface area contributed by atoms with Crippen molar-refractivity contribution in [1.82, 2.24) is 0 Å². The number of ketones is 1. The molecule has 0 aromatic rings. The van der Waals surface area contributed by atoms with E-state index in [9.17, 15) is 9.59 Å². The van der Waals surface area contributed by atoms with E-state index < -0.39 is 14.2 Å². The first-order chi connectivity index (χ1) is 12.6. The van der Waals surface area contributed by atoms with Gasteiger partial charge in [-0.15, -0.1) is 0 Å². The Morgan fingerprint density at radius 2 is 1.74 bits per heavy atom. The molecule has 0 radical (unpaired) electrons. The molecule has 5 nitrogen and oxygen atoms in total. The second kappa shape index (κ2) is 7.45. The van der Waals surface area contributed by atoms with Crippen molar-refractivity contribution in [3.8, 4) is 0 Å². The summed E-state index contributed by atoms with van der Waals surface area (Å²) < 4.78 is 18.3.